The Morgan fingerprint density at radius 3 is 1.60 bits per heavy atom. The van der Waals surface area contributed by atoms with Gasteiger partial charge in [0.2, 0.25) is 0 Å². The van der Waals surface area contributed by atoms with Crippen LogP contribution in [-0.4, -0.2) is 67.0 Å². The molecule has 0 N–H and O–H groups in total. The van der Waals surface area contributed by atoms with E-state index in [0.717, 1.165) is 0 Å². The van der Waals surface area contributed by atoms with Gasteiger partial charge in [-0.25, -0.2) is 0 Å². The predicted molar refractivity (Wildman–Crippen MR) is 14.7 cm³/mol. The summed E-state index contributed by atoms with van der Waals surface area (Å²) in [4.78, 5) is 0. The average molecular weight is 167 g/mol. The Bertz CT molecular complexity index is 19.1. The second-order valence-electron chi connectivity index (χ2n) is 0.0891. The van der Waals surface area contributed by atoms with Gasteiger partial charge in [-0.3, -0.25) is 0 Å². The van der Waals surface area contributed by atoms with Gasteiger partial charge in [0.05, 0.1) is 0 Å². The summed E-state index contributed by atoms with van der Waals surface area (Å²) in [6.07, 6.45) is 0. The Balaban J connectivity index is -0.0000000200. The molecule has 0 aliphatic rings. The first kappa shape index (κ1) is 15.6. The van der Waals surface area contributed by atoms with Gasteiger partial charge in [-0.15, -0.1) is 0 Å². The molecule has 0 aliphatic carbocycles. The fourth-order valence-corrected chi connectivity index (χ4v) is 0. The normalized spacial score (nSPS) is 1.80. The van der Waals surface area contributed by atoms with Crippen molar-refractivity contribution < 1.29 is 26.8 Å². The molecule has 0 aromatic heterocycles. The van der Waals surface area contributed by atoms with Crippen LogP contribution < -0.4 is 0 Å². The molecule has 0 amide bonds. The monoisotopic (exact) mass is 166 g/mol. The van der Waals surface area contributed by atoms with Gasteiger partial charge in [0.1, 0.15) is 0 Å². The Morgan fingerprint density at radius 1 is 1.60 bits per heavy atom. The van der Waals surface area contributed by atoms with Gasteiger partial charge < -0.3 is 0 Å². The Labute approximate surface area is 91.7 Å². The third kappa shape index (κ3) is 21.0. The van der Waals surface area contributed by atoms with E-state index in [1.165, 1.54) is 0 Å². The van der Waals surface area contributed by atoms with E-state index in [1.807, 2.05) is 0 Å². The van der Waals surface area contributed by atoms with E-state index < -0.39 is 15.6 Å². The van der Waals surface area contributed by atoms with Crippen molar-refractivity contribution in [3.8, 4) is 0 Å². The van der Waals surface area contributed by atoms with Gasteiger partial charge in [0, 0.05) is 19.5 Å². The van der Waals surface area contributed by atoms with Gasteiger partial charge in [0.25, 0.3) is 0 Å². The van der Waals surface area contributed by atoms with E-state index in [-0.39, 0.29) is 70.9 Å². The van der Waals surface area contributed by atoms with E-state index in [1.54, 1.807) is 0 Å². The van der Waals surface area contributed by atoms with Gasteiger partial charge in [0.15, 0.2) is 0 Å². The number of rotatable bonds is 0. The van der Waals surface area contributed by atoms with Crippen LogP contribution in [-0.2, 0) is 23.3 Å². The first-order chi connectivity index (χ1) is 1.41. The third-order valence-electron chi connectivity index (χ3n) is 0. The van der Waals surface area contributed by atoms with E-state index in [9.17, 15) is 3.52 Å². The largest absolute Gasteiger partial charge is 0 e. The predicted octanol–water partition coefficient (Wildman–Crippen LogP) is -0.730. The second kappa shape index (κ2) is 16.0. The molecule has 20 valence electrons. The SMILES string of the molecule is [KH].[O]=[Al][F].[Zn]. The smallest absolute Gasteiger partial charge is 0 e. The van der Waals surface area contributed by atoms with Gasteiger partial charge >= 0.3 is 74.3 Å². The zero-order valence-electron chi connectivity index (χ0n) is 2.07. The van der Waals surface area contributed by atoms with E-state index in [2.05, 4.69) is 0 Å². The summed E-state index contributed by atoms with van der Waals surface area (Å²) in [7, 11) is 0. The summed E-state index contributed by atoms with van der Waals surface area (Å²) < 4.78 is 18.2. The van der Waals surface area contributed by atoms with Gasteiger partial charge in [-0.1, -0.05) is 0 Å². The Morgan fingerprint density at radius 2 is 1.60 bits per heavy atom. The van der Waals surface area contributed by atoms with Crippen molar-refractivity contribution in [2.24, 2.45) is 0 Å². The maximum atomic E-state index is 9.82. The molecule has 0 aromatic rings. The second-order valence-corrected chi connectivity index (χ2v) is 0.267. The van der Waals surface area contributed by atoms with Crippen LogP contribution in [0.25, 0.3) is 0 Å². The molecule has 5 heteroatoms. The van der Waals surface area contributed by atoms with Crippen LogP contribution in [0.3, 0.4) is 0 Å². The maximum Gasteiger partial charge on any atom is 0 e. The molecule has 1 nitrogen and oxygen atoms in total. The van der Waals surface area contributed by atoms with Crippen LogP contribution >= 0.6 is 0 Å². The average Bonchev–Trinajstić information content (AvgIpc) is 0.918. The van der Waals surface area contributed by atoms with Crippen LogP contribution in [0.2, 0.25) is 0 Å². The molecular weight excluding hydrogens is 166 g/mol. The zero-order chi connectivity index (χ0) is 2.71. The minimum Gasteiger partial charge on any atom is 0 e. The molecule has 0 aliphatic heterocycles. The fraction of sp³-hybridized carbons (Fsp3) is 0. The Hall–Kier alpha value is 2.52. The van der Waals surface area contributed by atoms with Crippen molar-refractivity contribution in [1.82, 2.24) is 0 Å². The molecule has 0 spiro atoms. The molecule has 0 saturated heterocycles. The quantitative estimate of drug-likeness (QED) is 0.435. The summed E-state index contributed by atoms with van der Waals surface area (Å²) in [5.41, 5.74) is 0. The van der Waals surface area contributed by atoms with E-state index in [0.29, 0.717) is 0 Å². The van der Waals surface area contributed by atoms with Crippen molar-refractivity contribution >= 4 is 67.0 Å². The van der Waals surface area contributed by atoms with Crippen molar-refractivity contribution in [1.29, 1.82) is 0 Å². The molecule has 0 atom stereocenters. The molecule has 0 aromatic carbocycles. The van der Waals surface area contributed by atoms with Gasteiger partial charge in [-0.05, 0) is 0 Å². The van der Waals surface area contributed by atoms with Crippen LogP contribution in [0, 0.1) is 0 Å². The molecule has 0 heterocycles. The standard InChI is InChI=1S/Al.FH.K.O.Zn.H/h;1H;;;;/q+1;;;;;/p-1. The van der Waals surface area contributed by atoms with Crippen LogP contribution in [0.15, 0.2) is 0 Å². The van der Waals surface area contributed by atoms with Crippen molar-refractivity contribution in [3.63, 3.8) is 0 Å². The molecule has 0 unspecified atom stereocenters. The zero-order valence-corrected chi connectivity index (χ0v) is 6.19. The van der Waals surface area contributed by atoms with Crippen molar-refractivity contribution in [3.05, 3.63) is 0 Å². The van der Waals surface area contributed by atoms with E-state index in [4.69, 9.17) is 3.80 Å². The molecule has 0 saturated carbocycles. The maximum absolute atomic E-state index is 9.82. The molecular formula is HAlFKOZn. The minimum absolute atomic E-state index is 0. The van der Waals surface area contributed by atoms with E-state index >= 15 is 0 Å². The van der Waals surface area contributed by atoms with Crippen molar-refractivity contribution in [2.45, 2.75) is 0 Å². The van der Waals surface area contributed by atoms with Crippen LogP contribution in [0.1, 0.15) is 0 Å². The summed E-state index contributed by atoms with van der Waals surface area (Å²) in [5, 5.41) is 0. The summed E-state index contributed by atoms with van der Waals surface area (Å²) in [5.74, 6) is 0. The minimum atomic E-state index is -2.00. The summed E-state index contributed by atoms with van der Waals surface area (Å²) in [6.45, 7) is 0. The molecule has 0 fully saturated rings. The first-order valence-electron chi connectivity index (χ1n) is 0.454. The molecule has 5 heavy (non-hydrogen) atoms. The molecule has 0 bridgehead atoms. The van der Waals surface area contributed by atoms with Crippen LogP contribution in [0.5, 0.6) is 0 Å². The third-order valence-corrected chi connectivity index (χ3v) is 0. The number of hydrogen-bond acceptors (Lipinski definition) is 1. The topological polar surface area (TPSA) is 17.1 Å². The van der Waals surface area contributed by atoms with Gasteiger partial charge in [-0.2, -0.15) is 0 Å². The summed E-state index contributed by atoms with van der Waals surface area (Å²) in [6, 6.07) is 0. The summed E-state index contributed by atoms with van der Waals surface area (Å²) >= 11 is -2.00. The number of halogens is 1. The number of hydrogen-bond donors (Lipinski definition) is 0. The Kier molecular flexibility index (Phi) is 50.2. The van der Waals surface area contributed by atoms with Crippen molar-refractivity contribution in [2.75, 3.05) is 0 Å². The first-order valence-corrected chi connectivity index (χ1v) is 1.36. The molecule has 0 rings (SSSR count). The molecule has 0 radical (unpaired) electrons. The fourth-order valence-electron chi connectivity index (χ4n) is 0. The van der Waals surface area contributed by atoms with Crippen LogP contribution in [0.4, 0.5) is 3.52 Å².